The van der Waals surface area contributed by atoms with Gasteiger partial charge in [0.2, 0.25) is 6.79 Å². The molecule has 0 unspecified atom stereocenters. The molecule has 3 heteroatoms. The number of hydrogen-bond acceptors (Lipinski definition) is 3. The smallest absolute Gasteiger partial charge is 0.231 e. The van der Waals surface area contributed by atoms with Crippen LogP contribution in [0.4, 0.5) is 0 Å². The largest absolute Gasteiger partial charge is 0.508 e. The zero-order valence-electron chi connectivity index (χ0n) is 8.51. The molecule has 0 saturated heterocycles. The van der Waals surface area contributed by atoms with Gasteiger partial charge in [-0.2, -0.15) is 0 Å². The number of ether oxygens (including phenoxy) is 2. The minimum Gasteiger partial charge on any atom is -0.508 e. The summed E-state index contributed by atoms with van der Waals surface area (Å²) in [5.74, 6) is 1.74. The van der Waals surface area contributed by atoms with E-state index in [4.69, 9.17) is 9.47 Å². The Balaban J connectivity index is 2.17. The fourth-order valence-corrected chi connectivity index (χ4v) is 1.83. The summed E-state index contributed by atoms with van der Waals surface area (Å²) < 4.78 is 10.7. The highest BCUT2D eigenvalue weighted by molar-refractivity contribution is 5.75. The van der Waals surface area contributed by atoms with E-state index < -0.39 is 0 Å². The summed E-state index contributed by atoms with van der Waals surface area (Å²) in [6, 6.07) is 12.8. The van der Waals surface area contributed by atoms with Crippen molar-refractivity contribution < 1.29 is 14.6 Å². The first kappa shape index (κ1) is 9.09. The predicted molar refractivity (Wildman–Crippen MR) is 59.7 cm³/mol. The number of phenolic OH excluding ortho intramolecular Hbond substituents is 1. The quantitative estimate of drug-likeness (QED) is 0.793. The summed E-state index contributed by atoms with van der Waals surface area (Å²) in [5.41, 5.74) is 1.85. The zero-order valence-corrected chi connectivity index (χ0v) is 8.51. The first-order chi connectivity index (χ1) is 7.84. The van der Waals surface area contributed by atoms with Crippen LogP contribution >= 0.6 is 0 Å². The molecule has 3 nitrogen and oxygen atoms in total. The van der Waals surface area contributed by atoms with Crippen LogP contribution in [0.5, 0.6) is 17.2 Å². The van der Waals surface area contributed by atoms with Gasteiger partial charge in [0.25, 0.3) is 0 Å². The third kappa shape index (κ3) is 1.37. The van der Waals surface area contributed by atoms with Crippen molar-refractivity contribution in [3.05, 3.63) is 42.5 Å². The van der Waals surface area contributed by atoms with Crippen molar-refractivity contribution in [1.82, 2.24) is 0 Å². The van der Waals surface area contributed by atoms with E-state index in [1.54, 1.807) is 18.2 Å². The molecule has 0 bridgehead atoms. The van der Waals surface area contributed by atoms with Crippen LogP contribution in [0, 0.1) is 0 Å². The maximum atomic E-state index is 9.45. The Morgan fingerprint density at radius 1 is 1.00 bits per heavy atom. The standard InChI is InChI=1S/C13H10O3/c14-10-4-1-3-9(7-10)11-5-2-6-12-13(11)16-8-15-12/h1-7,14H,8H2. The van der Waals surface area contributed by atoms with Crippen LogP contribution in [0.2, 0.25) is 0 Å². The van der Waals surface area contributed by atoms with Gasteiger partial charge in [0.1, 0.15) is 5.75 Å². The lowest BCUT2D eigenvalue weighted by atomic mass is 10.0. The molecule has 0 amide bonds. The lowest BCUT2D eigenvalue weighted by Crippen LogP contribution is -1.93. The second-order valence-electron chi connectivity index (χ2n) is 3.59. The van der Waals surface area contributed by atoms with Gasteiger partial charge in [0.15, 0.2) is 11.5 Å². The molecule has 1 aliphatic rings. The molecule has 1 heterocycles. The molecule has 1 aliphatic heterocycles. The fraction of sp³-hybridized carbons (Fsp3) is 0.0769. The Hall–Kier alpha value is -2.16. The number of para-hydroxylation sites is 1. The van der Waals surface area contributed by atoms with E-state index in [1.807, 2.05) is 24.3 Å². The Morgan fingerprint density at radius 3 is 2.75 bits per heavy atom. The van der Waals surface area contributed by atoms with Crippen molar-refractivity contribution in [2.75, 3.05) is 6.79 Å². The molecule has 2 aromatic rings. The van der Waals surface area contributed by atoms with Crippen molar-refractivity contribution in [3.63, 3.8) is 0 Å². The number of benzene rings is 2. The van der Waals surface area contributed by atoms with E-state index in [-0.39, 0.29) is 12.5 Å². The van der Waals surface area contributed by atoms with E-state index in [1.165, 1.54) is 0 Å². The Morgan fingerprint density at radius 2 is 1.88 bits per heavy atom. The molecule has 2 aromatic carbocycles. The van der Waals surface area contributed by atoms with Gasteiger partial charge in [-0.3, -0.25) is 0 Å². The third-order valence-electron chi connectivity index (χ3n) is 2.55. The topological polar surface area (TPSA) is 38.7 Å². The van der Waals surface area contributed by atoms with Crippen molar-refractivity contribution >= 4 is 0 Å². The number of phenols is 1. The summed E-state index contributed by atoms with van der Waals surface area (Å²) >= 11 is 0. The molecule has 0 aromatic heterocycles. The van der Waals surface area contributed by atoms with Crippen LogP contribution in [-0.4, -0.2) is 11.9 Å². The lowest BCUT2D eigenvalue weighted by molar-refractivity contribution is 0.174. The Labute approximate surface area is 92.9 Å². The lowest BCUT2D eigenvalue weighted by Gasteiger charge is -2.05. The van der Waals surface area contributed by atoms with Gasteiger partial charge in [-0.05, 0) is 23.8 Å². The average Bonchev–Trinajstić information content (AvgIpc) is 2.76. The second-order valence-corrected chi connectivity index (χ2v) is 3.59. The van der Waals surface area contributed by atoms with E-state index in [0.717, 1.165) is 22.6 Å². The van der Waals surface area contributed by atoms with Crippen molar-refractivity contribution in [2.45, 2.75) is 0 Å². The van der Waals surface area contributed by atoms with Gasteiger partial charge in [-0.25, -0.2) is 0 Å². The van der Waals surface area contributed by atoms with E-state index in [0.29, 0.717) is 0 Å². The fourth-order valence-electron chi connectivity index (χ4n) is 1.83. The number of rotatable bonds is 1. The van der Waals surface area contributed by atoms with Crippen molar-refractivity contribution in [3.8, 4) is 28.4 Å². The molecule has 0 atom stereocenters. The van der Waals surface area contributed by atoms with Gasteiger partial charge >= 0.3 is 0 Å². The predicted octanol–water partition coefficient (Wildman–Crippen LogP) is 2.79. The molecular formula is C13H10O3. The highest BCUT2D eigenvalue weighted by atomic mass is 16.7. The SMILES string of the molecule is Oc1cccc(-c2cccc3c2OCO3)c1. The maximum Gasteiger partial charge on any atom is 0.231 e. The third-order valence-corrected chi connectivity index (χ3v) is 2.55. The van der Waals surface area contributed by atoms with Crippen LogP contribution in [0.15, 0.2) is 42.5 Å². The average molecular weight is 214 g/mol. The van der Waals surface area contributed by atoms with Crippen LogP contribution in [0.3, 0.4) is 0 Å². The van der Waals surface area contributed by atoms with E-state index in [2.05, 4.69) is 0 Å². The number of aromatic hydroxyl groups is 1. The molecule has 0 aliphatic carbocycles. The minimum atomic E-state index is 0.244. The maximum absolute atomic E-state index is 9.45. The molecule has 0 radical (unpaired) electrons. The normalized spacial score (nSPS) is 12.8. The first-order valence-corrected chi connectivity index (χ1v) is 5.02. The Kier molecular flexibility index (Phi) is 1.96. The van der Waals surface area contributed by atoms with Crippen LogP contribution < -0.4 is 9.47 Å². The van der Waals surface area contributed by atoms with Crippen LogP contribution in [-0.2, 0) is 0 Å². The van der Waals surface area contributed by atoms with Gasteiger partial charge in [-0.1, -0.05) is 24.3 Å². The molecule has 80 valence electrons. The van der Waals surface area contributed by atoms with Gasteiger partial charge in [0.05, 0.1) is 0 Å². The summed E-state index contributed by atoms with van der Waals surface area (Å²) in [7, 11) is 0. The summed E-state index contributed by atoms with van der Waals surface area (Å²) in [4.78, 5) is 0. The molecule has 1 N–H and O–H groups in total. The van der Waals surface area contributed by atoms with Crippen LogP contribution in [0.1, 0.15) is 0 Å². The molecule has 0 saturated carbocycles. The highest BCUT2D eigenvalue weighted by Crippen LogP contribution is 2.41. The molecule has 0 spiro atoms. The second kappa shape index (κ2) is 3.45. The Bertz CT molecular complexity index is 534. The van der Waals surface area contributed by atoms with Gasteiger partial charge in [-0.15, -0.1) is 0 Å². The van der Waals surface area contributed by atoms with Crippen LogP contribution in [0.25, 0.3) is 11.1 Å². The number of fused-ring (bicyclic) bond motifs is 1. The van der Waals surface area contributed by atoms with Gasteiger partial charge in [0, 0.05) is 5.56 Å². The van der Waals surface area contributed by atoms with E-state index >= 15 is 0 Å². The minimum absolute atomic E-state index is 0.244. The monoisotopic (exact) mass is 214 g/mol. The first-order valence-electron chi connectivity index (χ1n) is 5.02. The molecule has 0 fully saturated rings. The summed E-state index contributed by atoms with van der Waals surface area (Å²) in [6.45, 7) is 0.255. The van der Waals surface area contributed by atoms with Crippen molar-refractivity contribution in [1.29, 1.82) is 0 Å². The summed E-state index contributed by atoms with van der Waals surface area (Å²) in [6.07, 6.45) is 0. The van der Waals surface area contributed by atoms with E-state index in [9.17, 15) is 5.11 Å². The zero-order chi connectivity index (χ0) is 11.0. The molecular weight excluding hydrogens is 204 g/mol. The molecule has 16 heavy (non-hydrogen) atoms. The molecule has 3 rings (SSSR count). The summed E-state index contributed by atoms with van der Waals surface area (Å²) in [5, 5.41) is 9.45. The van der Waals surface area contributed by atoms with Gasteiger partial charge < -0.3 is 14.6 Å². The number of hydrogen-bond donors (Lipinski definition) is 1. The van der Waals surface area contributed by atoms with Crippen molar-refractivity contribution in [2.24, 2.45) is 0 Å². The highest BCUT2D eigenvalue weighted by Gasteiger charge is 2.18.